The Morgan fingerprint density at radius 2 is 1.92 bits per heavy atom. The first kappa shape index (κ1) is 7.67. The number of nitrogens with two attached hydrogens (primary N) is 2. The molecule has 0 amide bonds. The number of hydrogen-bond acceptors (Lipinski definition) is 4. The van der Waals surface area contributed by atoms with Crippen LogP contribution in [0.3, 0.4) is 0 Å². The van der Waals surface area contributed by atoms with Crippen molar-refractivity contribution in [1.29, 1.82) is 0 Å². The van der Waals surface area contributed by atoms with Gasteiger partial charge in [0.15, 0.2) is 0 Å². The molecule has 0 saturated carbocycles. The summed E-state index contributed by atoms with van der Waals surface area (Å²) in [6, 6.07) is 9.07. The zero-order valence-corrected chi connectivity index (χ0v) is 6.90. The molecular weight excluding hydrogens is 166 g/mol. The molecule has 1 heterocycles. The highest BCUT2D eigenvalue weighted by atomic mass is 16.5. The molecule has 2 aromatic rings. The van der Waals surface area contributed by atoms with Gasteiger partial charge in [-0.3, -0.25) is 0 Å². The Bertz CT molecular complexity index is 422. The van der Waals surface area contributed by atoms with E-state index < -0.39 is 0 Å². The zero-order chi connectivity index (χ0) is 9.26. The number of rotatable bonds is 1. The second-order valence-corrected chi connectivity index (χ2v) is 2.70. The van der Waals surface area contributed by atoms with Crippen LogP contribution in [-0.2, 0) is 0 Å². The standard InChI is InChI=1S/C9H9N3O/c10-7-4-2-1-3-6(7)8-5-9(11)13-12-8/h1-5H,10-11H2. The Labute approximate surface area is 75.1 Å². The Hall–Kier alpha value is -1.97. The summed E-state index contributed by atoms with van der Waals surface area (Å²) < 4.78 is 4.75. The number of benzene rings is 1. The van der Waals surface area contributed by atoms with Crippen molar-refractivity contribution < 1.29 is 4.52 Å². The molecule has 0 radical (unpaired) electrons. The molecule has 1 aromatic heterocycles. The maximum Gasteiger partial charge on any atom is 0.222 e. The summed E-state index contributed by atoms with van der Waals surface area (Å²) in [6.45, 7) is 0. The quantitative estimate of drug-likeness (QED) is 0.644. The Balaban J connectivity index is 2.52. The lowest BCUT2D eigenvalue weighted by Crippen LogP contribution is -1.88. The molecule has 2 rings (SSSR count). The number of para-hydroxylation sites is 1. The van der Waals surface area contributed by atoms with Gasteiger partial charge in [-0.05, 0) is 6.07 Å². The van der Waals surface area contributed by atoms with Gasteiger partial charge in [0.05, 0.1) is 0 Å². The van der Waals surface area contributed by atoms with Crippen molar-refractivity contribution >= 4 is 11.6 Å². The predicted octanol–water partition coefficient (Wildman–Crippen LogP) is 1.51. The maximum atomic E-state index is 5.74. The fourth-order valence-corrected chi connectivity index (χ4v) is 1.15. The summed E-state index contributed by atoms with van der Waals surface area (Å²) in [6.07, 6.45) is 0. The van der Waals surface area contributed by atoms with E-state index in [4.69, 9.17) is 16.0 Å². The van der Waals surface area contributed by atoms with Crippen LogP contribution in [-0.4, -0.2) is 5.16 Å². The minimum Gasteiger partial charge on any atom is -0.398 e. The van der Waals surface area contributed by atoms with Gasteiger partial charge >= 0.3 is 0 Å². The first-order chi connectivity index (χ1) is 6.27. The minimum absolute atomic E-state index is 0.290. The summed E-state index contributed by atoms with van der Waals surface area (Å²) in [5, 5.41) is 3.77. The normalized spacial score (nSPS) is 10.2. The van der Waals surface area contributed by atoms with Gasteiger partial charge in [-0.2, -0.15) is 0 Å². The Kier molecular flexibility index (Phi) is 1.66. The highest BCUT2D eigenvalue weighted by molar-refractivity contribution is 5.74. The molecule has 13 heavy (non-hydrogen) atoms. The van der Waals surface area contributed by atoms with Crippen molar-refractivity contribution in [2.75, 3.05) is 11.5 Å². The van der Waals surface area contributed by atoms with Gasteiger partial charge in [-0.1, -0.05) is 23.4 Å². The topological polar surface area (TPSA) is 78.1 Å². The molecule has 0 aliphatic carbocycles. The van der Waals surface area contributed by atoms with Crippen molar-refractivity contribution in [2.45, 2.75) is 0 Å². The van der Waals surface area contributed by atoms with E-state index in [0.29, 0.717) is 17.3 Å². The summed E-state index contributed by atoms with van der Waals surface area (Å²) in [5.74, 6) is 0.290. The molecule has 0 atom stereocenters. The molecule has 0 unspecified atom stereocenters. The van der Waals surface area contributed by atoms with Crippen molar-refractivity contribution in [2.24, 2.45) is 0 Å². The average molecular weight is 175 g/mol. The van der Waals surface area contributed by atoms with E-state index in [1.54, 1.807) is 12.1 Å². The van der Waals surface area contributed by atoms with Gasteiger partial charge in [0.1, 0.15) is 5.69 Å². The molecular formula is C9H9N3O. The van der Waals surface area contributed by atoms with Crippen LogP contribution in [0.4, 0.5) is 11.6 Å². The van der Waals surface area contributed by atoms with Crippen LogP contribution in [0.15, 0.2) is 34.9 Å². The van der Waals surface area contributed by atoms with Gasteiger partial charge in [0, 0.05) is 17.3 Å². The maximum absolute atomic E-state index is 5.74. The Morgan fingerprint density at radius 3 is 2.54 bits per heavy atom. The van der Waals surface area contributed by atoms with Crippen LogP contribution in [0.2, 0.25) is 0 Å². The molecule has 0 saturated heterocycles. The number of nitrogen functional groups attached to an aromatic ring is 2. The second-order valence-electron chi connectivity index (χ2n) is 2.70. The summed E-state index contributed by atoms with van der Waals surface area (Å²) in [5.41, 5.74) is 13.3. The van der Waals surface area contributed by atoms with E-state index in [-0.39, 0.29) is 0 Å². The third-order valence-corrected chi connectivity index (χ3v) is 1.77. The lowest BCUT2D eigenvalue weighted by molar-refractivity contribution is 0.439. The average Bonchev–Trinajstić information content (AvgIpc) is 2.53. The highest BCUT2D eigenvalue weighted by Crippen LogP contribution is 2.25. The van der Waals surface area contributed by atoms with Crippen LogP contribution in [0.5, 0.6) is 0 Å². The Morgan fingerprint density at radius 1 is 1.15 bits per heavy atom. The highest BCUT2D eigenvalue weighted by Gasteiger charge is 2.06. The van der Waals surface area contributed by atoms with Crippen molar-refractivity contribution in [3.63, 3.8) is 0 Å². The van der Waals surface area contributed by atoms with Crippen LogP contribution < -0.4 is 11.5 Å². The summed E-state index contributed by atoms with van der Waals surface area (Å²) in [7, 11) is 0. The molecule has 1 aromatic carbocycles. The van der Waals surface area contributed by atoms with Gasteiger partial charge in [-0.15, -0.1) is 0 Å². The van der Waals surface area contributed by atoms with E-state index in [0.717, 1.165) is 5.56 Å². The number of hydrogen-bond donors (Lipinski definition) is 2. The lowest BCUT2D eigenvalue weighted by atomic mass is 10.1. The number of aromatic nitrogens is 1. The van der Waals surface area contributed by atoms with Crippen LogP contribution in [0.1, 0.15) is 0 Å². The lowest BCUT2D eigenvalue weighted by Gasteiger charge is -1.98. The molecule has 4 N–H and O–H groups in total. The summed E-state index contributed by atoms with van der Waals surface area (Å²) in [4.78, 5) is 0. The molecule has 4 heteroatoms. The van der Waals surface area contributed by atoms with E-state index in [1.807, 2.05) is 18.2 Å². The molecule has 4 nitrogen and oxygen atoms in total. The molecule has 0 aliphatic rings. The van der Waals surface area contributed by atoms with Crippen molar-refractivity contribution in [3.05, 3.63) is 30.3 Å². The first-order valence-corrected chi connectivity index (χ1v) is 3.84. The van der Waals surface area contributed by atoms with Crippen molar-refractivity contribution in [1.82, 2.24) is 5.16 Å². The predicted molar refractivity (Wildman–Crippen MR) is 50.8 cm³/mol. The van der Waals surface area contributed by atoms with Crippen LogP contribution in [0.25, 0.3) is 11.3 Å². The van der Waals surface area contributed by atoms with E-state index in [2.05, 4.69) is 5.16 Å². The number of anilines is 2. The smallest absolute Gasteiger partial charge is 0.222 e. The molecule has 66 valence electrons. The van der Waals surface area contributed by atoms with Gasteiger partial charge in [0.25, 0.3) is 0 Å². The van der Waals surface area contributed by atoms with E-state index >= 15 is 0 Å². The first-order valence-electron chi connectivity index (χ1n) is 3.84. The fraction of sp³-hybridized carbons (Fsp3) is 0. The van der Waals surface area contributed by atoms with Gasteiger partial charge < -0.3 is 16.0 Å². The molecule has 0 aliphatic heterocycles. The van der Waals surface area contributed by atoms with Gasteiger partial charge in [0.2, 0.25) is 5.88 Å². The third-order valence-electron chi connectivity index (χ3n) is 1.77. The molecule has 0 bridgehead atoms. The molecule has 0 spiro atoms. The third kappa shape index (κ3) is 1.33. The molecule has 0 fully saturated rings. The van der Waals surface area contributed by atoms with Crippen molar-refractivity contribution in [3.8, 4) is 11.3 Å². The second kappa shape index (κ2) is 2.82. The van der Waals surface area contributed by atoms with Crippen LogP contribution in [0, 0.1) is 0 Å². The zero-order valence-electron chi connectivity index (χ0n) is 6.90. The minimum atomic E-state index is 0.290. The van der Waals surface area contributed by atoms with E-state index in [1.165, 1.54) is 0 Å². The number of nitrogens with zero attached hydrogens (tertiary/aromatic N) is 1. The van der Waals surface area contributed by atoms with Crippen LogP contribution >= 0.6 is 0 Å². The van der Waals surface area contributed by atoms with Gasteiger partial charge in [-0.25, -0.2) is 0 Å². The largest absolute Gasteiger partial charge is 0.398 e. The summed E-state index contributed by atoms with van der Waals surface area (Å²) >= 11 is 0. The monoisotopic (exact) mass is 175 g/mol. The van der Waals surface area contributed by atoms with E-state index in [9.17, 15) is 0 Å². The SMILES string of the molecule is Nc1cc(-c2ccccc2N)no1. The fourth-order valence-electron chi connectivity index (χ4n) is 1.15.